The van der Waals surface area contributed by atoms with E-state index in [0.29, 0.717) is 43.5 Å². The number of hydrogen-bond acceptors (Lipinski definition) is 6. The number of nitrogens with zero attached hydrogens (tertiary/aromatic N) is 1. The van der Waals surface area contributed by atoms with Gasteiger partial charge in [-0.15, -0.1) is 0 Å². The Kier molecular flexibility index (Phi) is 8.06. The number of amides is 2. The van der Waals surface area contributed by atoms with Crippen molar-refractivity contribution in [2.45, 2.75) is 12.8 Å². The van der Waals surface area contributed by atoms with Crippen LogP contribution in [0.4, 0.5) is 11.4 Å². The van der Waals surface area contributed by atoms with Crippen LogP contribution in [-0.4, -0.2) is 17.6 Å². The molecule has 0 radical (unpaired) electrons. The van der Waals surface area contributed by atoms with Crippen LogP contribution in [0.5, 0.6) is 0 Å². The van der Waals surface area contributed by atoms with Crippen molar-refractivity contribution in [2.24, 2.45) is 0 Å². The van der Waals surface area contributed by atoms with Crippen LogP contribution in [0, 0.1) is 11.3 Å². The van der Waals surface area contributed by atoms with Gasteiger partial charge in [-0.25, -0.2) is 0 Å². The van der Waals surface area contributed by atoms with Crippen molar-refractivity contribution >= 4 is 58.2 Å². The molecule has 36 heavy (non-hydrogen) atoms. The van der Waals surface area contributed by atoms with Crippen molar-refractivity contribution in [1.29, 1.82) is 5.26 Å². The smallest absolute Gasteiger partial charge is 0.254 e. The van der Waals surface area contributed by atoms with Gasteiger partial charge in [-0.1, -0.05) is 53.2 Å². The van der Waals surface area contributed by atoms with Gasteiger partial charge in [-0.05, 0) is 49.4 Å². The summed E-state index contributed by atoms with van der Waals surface area (Å²) in [4.78, 5) is 25.9. The second kappa shape index (κ2) is 11.4. The van der Waals surface area contributed by atoms with Crippen LogP contribution in [0.3, 0.4) is 0 Å². The first kappa shape index (κ1) is 25.5. The second-order valence-corrected chi connectivity index (χ2v) is 9.55. The summed E-state index contributed by atoms with van der Waals surface area (Å²) in [6.45, 7) is 1.75. The molecule has 7 nitrogen and oxygen atoms in total. The van der Waals surface area contributed by atoms with Gasteiger partial charge in [0.25, 0.3) is 5.91 Å². The number of allylic oxidation sites excluding steroid dienone is 2. The molecule has 3 N–H and O–H groups in total. The molecule has 0 fully saturated rings. The third kappa shape index (κ3) is 5.77. The molecule has 2 heterocycles. The third-order valence-corrected chi connectivity index (χ3v) is 7.06. The van der Waals surface area contributed by atoms with E-state index in [1.54, 1.807) is 49.4 Å². The summed E-state index contributed by atoms with van der Waals surface area (Å²) in [5, 5.41) is 20.0. The zero-order chi connectivity index (χ0) is 25.7. The van der Waals surface area contributed by atoms with Gasteiger partial charge in [0.1, 0.15) is 5.76 Å². The number of carbonyl (C=O) groups is 2. The van der Waals surface area contributed by atoms with Gasteiger partial charge in [0.15, 0.2) is 0 Å². The Bertz CT molecular complexity index is 1400. The second-order valence-electron chi connectivity index (χ2n) is 7.75. The molecular formula is C26H20Cl2N4O3S. The van der Waals surface area contributed by atoms with Crippen LogP contribution in [0.15, 0.2) is 93.2 Å². The number of dihydropyridines is 1. The first-order chi connectivity index (χ1) is 17.4. The molecule has 0 unspecified atom stereocenters. The Morgan fingerprint density at radius 2 is 1.83 bits per heavy atom. The summed E-state index contributed by atoms with van der Waals surface area (Å²) in [6.07, 6.45) is 1.49. The van der Waals surface area contributed by atoms with Crippen molar-refractivity contribution in [1.82, 2.24) is 5.32 Å². The molecule has 1 aliphatic rings. The predicted molar refractivity (Wildman–Crippen MR) is 143 cm³/mol. The van der Waals surface area contributed by atoms with E-state index in [4.69, 9.17) is 27.6 Å². The third-order valence-electron chi connectivity index (χ3n) is 5.30. The minimum atomic E-state index is -0.740. The summed E-state index contributed by atoms with van der Waals surface area (Å²) < 4.78 is 5.62. The van der Waals surface area contributed by atoms with E-state index in [2.05, 4.69) is 22.0 Å². The van der Waals surface area contributed by atoms with Crippen molar-refractivity contribution < 1.29 is 14.0 Å². The highest BCUT2D eigenvalue weighted by atomic mass is 35.5. The largest absolute Gasteiger partial charge is 0.468 e. The quantitative estimate of drug-likeness (QED) is 0.326. The van der Waals surface area contributed by atoms with Gasteiger partial charge >= 0.3 is 0 Å². The lowest BCUT2D eigenvalue weighted by Gasteiger charge is -2.28. The number of thioether (sulfide) groups is 1. The Balaban J connectivity index is 1.57. The van der Waals surface area contributed by atoms with Crippen LogP contribution in [-0.2, 0) is 9.59 Å². The SMILES string of the molecule is CC1=C(C(=O)Nc2ccccc2)[C@H](c2ccco2)C(C#N)=C(SCC(=O)Nc2ccc(Cl)c(Cl)c2)N1. The van der Waals surface area contributed by atoms with E-state index in [0.717, 1.165) is 11.8 Å². The summed E-state index contributed by atoms with van der Waals surface area (Å²) in [6, 6.07) is 19.5. The number of anilines is 2. The number of nitriles is 1. The predicted octanol–water partition coefficient (Wildman–Crippen LogP) is 6.29. The Labute approximate surface area is 222 Å². The standard InChI is InChI=1S/C26H20Cl2N4O3S/c1-15-23(25(34)32-16-6-3-2-4-7-16)24(21-8-5-11-35-21)18(13-29)26(30-15)36-14-22(33)31-17-9-10-19(27)20(28)12-17/h2-12,24,30H,14H2,1H3,(H,31,33)(H,32,34)/t24-/m0/s1. The summed E-state index contributed by atoms with van der Waals surface area (Å²) in [5.74, 6) is -0.938. The Hall–Kier alpha value is -3.64. The van der Waals surface area contributed by atoms with Gasteiger partial charge in [-0.3, -0.25) is 9.59 Å². The van der Waals surface area contributed by atoms with Crippen molar-refractivity contribution in [3.05, 3.63) is 105 Å². The van der Waals surface area contributed by atoms with Crippen molar-refractivity contribution in [3.63, 3.8) is 0 Å². The van der Waals surface area contributed by atoms with Crippen LogP contribution in [0.25, 0.3) is 0 Å². The highest BCUT2D eigenvalue weighted by Crippen LogP contribution is 2.41. The normalized spacial score (nSPS) is 15.2. The molecule has 2 aromatic carbocycles. The highest BCUT2D eigenvalue weighted by Gasteiger charge is 2.36. The molecule has 4 rings (SSSR count). The fourth-order valence-electron chi connectivity index (χ4n) is 3.70. The number of benzene rings is 2. The van der Waals surface area contributed by atoms with Crippen LogP contribution in [0.2, 0.25) is 10.0 Å². The molecule has 2 amide bonds. The summed E-state index contributed by atoms with van der Waals surface area (Å²) in [7, 11) is 0. The zero-order valence-electron chi connectivity index (χ0n) is 19.0. The molecule has 182 valence electrons. The molecule has 0 saturated heterocycles. The van der Waals surface area contributed by atoms with E-state index < -0.39 is 5.92 Å². The molecule has 0 saturated carbocycles. The topological polar surface area (TPSA) is 107 Å². The lowest BCUT2D eigenvalue weighted by atomic mass is 9.85. The molecular weight excluding hydrogens is 519 g/mol. The number of nitrogens with one attached hydrogen (secondary N) is 3. The maximum absolute atomic E-state index is 13.3. The van der Waals surface area contributed by atoms with E-state index in [1.165, 1.54) is 6.26 Å². The first-order valence-electron chi connectivity index (χ1n) is 10.8. The highest BCUT2D eigenvalue weighted by molar-refractivity contribution is 8.03. The number of para-hydroxylation sites is 1. The van der Waals surface area contributed by atoms with E-state index in [1.807, 2.05) is 18.2 Å². The minimum absolute atomic E-state index is 0.0114. The number of furan rings is 1. The average Bonchev–Trinajstić information content (AvgIpc) is 3.40. The van der Waals surface area contributed by atoms with Gasteiger partial charge in [0, 0.05) is 17.1 Å². The van der Waals surface area contributed by atoms with Gasteiger partial charge in [0.2, 0.25) is 5.91 Å². The minimum Gasteiger partial charge on any atom is -0.468 e. The van der Waals surface area contributed by atoms with E-state index in [-0.39, 0.29) is 23.1 Å². The number of hydrogen-bond donors (Lipinski definition) is 3. The summed E-state index contributed by atoms with van der Waals surface area (Å²) >= 11 is 13.1. The number of halogens is 2. The molecule has 10 heteroatoms. The zero-order valence-corrected chi connectivity index (χ0v) is 21.3. The fourth-order valence-corrected chi connectivity index (χ4v) is 4.89. The van der Waals surface area contributed by atoms with E-state index in [9.17, 15) is 14.9 Å². The van der Waals surface area contributed by atoms with Crippen LogP contribution in [0.1, 0.15) is 18.6 Å². The van der Waals surface area contributed by atoms with E-state index >= 15 is 0 Å². The fraction of sp³-hybridized carbons (Fsp3) is 0.115. The lowest BCUT2D eigenvalue weighted by molar-refractivity contribution is -0.114. The Morgan fingerprint density at radius 3 is 2.50 bits per heavy atom. The Morgan fingerprint density at radius 1 is 1.06 bits per heavy atom. The number of rotatable bonds is 7. The maximum Gasteiger partial charge on any atom is 0.254 e. The van der Waals surface area contributed by atoms with Gasteiger partial charge in [-0.2, -0.15) is 5.26 Å². The molecule has 1 aromatic heterocycles. The first-order valence-corrected chi connectivity index (χ1v) is 12.5. The number of carbonyl (C=O) groups excluding carboxylic acids is 2. The molecule has 0 aliphatic carbocycles. The van der Waals surface area contributed by atoms with Gasteiger partial charge in [0.05, 0.1) is 50.2 Å². The van der Waals surface area contributed by atoms with Crippen LogP contribution < -0.4 is 16.0 Å². The average molecular weight is 539 g/mol. The lowest BCUT2D eigenvalue weighted by Crippen LogP contribution is -2.31. The van der Waals surface area contributed by atoms with Crippen molar-refractivity contribution in [3.8, 4) is 6.07 Å². The monoisotopic (exact) mass is 538 g/mol. The van der Waals surface area contributed by atoms with Gasteiger partial charge < -0.3 is 20.4 Å². The molecule has 0 bridgehead atoms. The summed E-state index contributed by atoms with van der Waals surface area (Å²) in [5.41, 5.74) is 2.32. The molecule has 0 spiro atoms. The molecule has 1 atom stereocenters. The maximum atomic E-state index is 13.3. The molecule has 3 aromatic rings. The van der Waals surface area contributed by atoms with Crippen molar-refractivity contribution in [2.75, 3.05) is 16.4 Å². The van der Waals surface area contributed by atoms with Crippen LogP contribution >= 0.6 is 35.0 Å². The molecule has 1 aliphatic heterocycles.